The van der Waals surface area contributed by atoms with E-state index in [0.717, 1.165) is 32.2 Å². The zero-order valence-electron chi connectivity index (χ0n) is 10.0. The molecule has 18 heavy (non-hydrogen) atoms. The van der Waals surface area contributed by atoms with Crippen LogP contribution in [0.5, 0.6) is 0 Å². The lowest BCUT2D eigenvalue weighted by atomic mass is 10.2. The number of aromatic nitrogens is 2. The van der Waals surface area contributed by atoms with E-state index >= 15 is 0 Å². The van der Waals surface area contributed by atoms with Gasteiger partial charge in [0.05, 0.1) is 0 Å². The normalized spacial score (nSPS) is 21.1. The Kier molecular flexibility index (Phi) is 3.18. The van der Waals surface area contributed by atoms with Crippen molar-refractivity contribution in [3.8, 4) is 0 Å². The number of nitrogens with zero attached hydrogens (tertiary/aromatic N) is 4. The van der Waals surface area contributed by atoms with Crippen molar-refractivity contribution >= 4 is 17.5 Å². The molecular weight excluding hydrogens is 252 g/mol. The molecule has 1 amide bonds. The SMILES string of the molecule is O=C(c1ccc(Cl)nn1)N1CCN(C2CC2)CC1. The van der Waals surface area contributed by atoms with Crippen LogP contribution in [0.2, 0.25) is 5.15 Å². The molecule has 5 nitrogen and oxygen atoms in total. The molecule has 2 fully saturated rings. The van der Waals surface area contributed by atoms with Crippen molar-refractivity contribution in [3.05, 3.63) is 23.0 Å². The summed E-state index contributed by atoms with van der Waals surface area (Å²) in [6.45, 7) is 3.49. The van der Waals surface area contributed by atoms with Gasteiger partial charge in [0.2, 0.25) is 0 Å². The van der Waals surface area contributed by atoms with Crippen LogP contribution in [0, 0.1) is 0 Å². The maximum absolute atomic E-state index is 12.2. The third kappa shape index (κ3) is 2.47. The molecule has 0 aromatic carbocycles. The Morgan fingerprint density at radius 3 is 2.44 bits per heavy atom. The maximum Gasteiger partial charge on any atom is 0.274 e. The second-order valence-corrected chi connectivity index (χ2v) is 5.19. The first-order chi connectivity index (χ1) is 8.74. The van der Waals surface area contributed by atoms with Gasteiger partial charge in [-0.25, -0.2) is 0 Å². The summed E-state index contributed by atoms with van der Waals surface area (Å²) in [5.74, 6) is -0.0467. The smallest absolute Gasteiger partial charge is 0.274 e. The van der Waals surface area contributed by atoms with Crippen LogP contribution in [-0.2, 0) is 0 Å². The second kappa shape index (κ2) is 4.82. The van der Waals surface area contributed by atoms with Crippen LogP contribution in [0.3, 0.4) is 0 Å². The Balaban J connectivity index is 1.61. The molecule has 2 heterocycles. The lowest BCUT2D eigenvalue weighted by molar-refractivity contribution is 0.0620. The van der Waals surface area contributed by atoms with E-state index in [2.05, 4.69) is 15.1 Å². The molecule has 96 valence electrons. The lowest BCUT2D eigenvalue weighted by Crippen LogP contribution is -2.49. The first-order valence-electron chi connectivity index (χ1n) is 6.26. The van der Waals surface area contributed by atoms with Crippen molar-refractivity contribution in [1.82, 2.24) is 20.0 Å². The highest BCUT2D eigenvalue weighted by Crippen LogP contribution is 2.27. The van der Waals surface area contributed by atoms with Gasteiger partial charge in [-0.1, -0.05) is 11.6 Å². The quantitative estimate of drug-likeness (QED) is 0.803. The van der Waals surface area contributed by atoms with Crippen LogP contribution in [0.1, 0.15) is 23.3 Å². The van der Waals surface area contributed by atoms with Crippen LogP contribution in [0.15, 0.2) is 12.1 Å². The number of hydrogen-bond acceptors (Lipinski definition) is 4. The van der Waals surface area contributed by atoms with Crippen LogP contribution in [0.4, 0.5) is 0 Å². The number of carbonyl (C=O) groups is 1. The minimum Gasteiger partial charge on any atom is -0.335 e. The predicted molar refractivity (Wildman–Crippen MR) is 67.5 cm³/mol. The van der Waals surface area contributed by atoms with Crippen molar-refractivity contribution in [1.29, 1.82) is 0 Å². The fourth-order valence-corrected chi connectivity index (χ4v) is 2.42. The van der Waals surface area contributed by atoms with Crippen LogP contribution in [-0.4, -0.2) is 58.1 Å². The molecule has 1 aromatic rings. The zero-order chi connectivity index (χ0) is 12.5. The Labute approximate surface area is 111 Å². The minimum atomic E-state index is -0.0467. The summed E-state index contributed by atoms with van der Waals surface area (Å²) in [5.41, 5.74) is 0.374. The monoisotopic (exact) mass is 266 g/mol. The Morgan fingerprint density at radius 2 is 1.89 bits per heavy atom. The average molecular weight is 267 g/mol. The third-order valence-corrected chi connectivity index (χ3v) is 3.72. The van der Waals surface area contributed by atoms with Crippen LogP contribution >= 0.6 is 11.6 Å². The van der Waals surface area contributed by atoms with E-state index in [1.165, 1.54) is 12.8 Å². The van der Waals surface area contributed by atoms with Gasteiger partial charge in [-0.2, -0.15) is 0 Å². The van der Waals surface area contributed by atoms with Gasteiger partial charge in [0, 0.05) is 32.2 Å². The summed E-state index contributed by atoms with van der Waals surface area (Å²) in [6.07, 6.45) is 2.63. The van der Waals surface area contributed by atoms with Gasteiger partial charge in [0.1, 0.15) is 0 Å². The molecule has 0 N–H and O–H groups in total. The van der Waals surface area contributed by atoms with E-state index in [-0.39, 0.29) is 5.91 Å². The number of hydrogen-bond donors (Lipinski definition) is 0. The molecule has 0 atom stereocenters. The minimum absolute atomic E-state index is 0.0467. The molecule has 0 radical (unpaired) electrons. The molecular formula is C12H15ClN4O. The molecule has 0 unspecified atom stereocenters. The number of carbonyl (C=O) groups excluding carboxylic acids is 1. The summed E-state index contributed by atoms with van der Waals surface area (Å²) in [5, 5.41) is 7.85. The highest BCUT2D eigenvalue weighted by atomic mass is 35.5. The summed E-state index contributed by atoms with van der Waals surface area (Å²) in [6, 6.07) is 4.00. The van der Waals surface area contributed by atoms with Crippen molar-refractivity contribution < 1.29 is 4.79 Å². The van der Waals surface area contributed by atoms with Gasteiger partial charge < -0.3 is 4.90 Å². The fourth-order valence-electron chi connectivity index (χ4n) is 2.32. The highest BCUT2D eigenvalue weighted by Gasteiger charge is 2.32. The molecule has 2 aliphatic rings. The molecule has 0 bridgehead atoms. The molecule has 1 saturated heterocycles. The summed E-state index contributed by atoms with van der Waals surface area (Å²) in [7, 11) is 0. The predicted octanol–water partition coefficient (Wildman–Crippen LogP) is 1.05. The van der Waals surface area contributed by atoms with Gasteiger partial charge in [0.15, 0.2) is 10.8 Å². The van der Waals surface area contributed by atoms with E-state index in [1.807, 2.05) is 4.90 Å². The molecule has 1 aliphatic carbocycles. The van der Waals surface area contributed by atoms with E-state index in [1.54, 1.807) is 12.1 Å². The summed E-state index contributed by atoms with van der Waals surface area (Å²) < 4.78 is 0. The Hall–Kier alpha value is -1.20. The van der Waals surface area contributed by atoms with E-state index in [9.17, 15) is 4.79 Å². The first kappa shape index (κ1) is 11.9. The van der Waals surface area contributed by atoms with Gasteiger partial charge in [-0.3, -0.25) is 9.69 Å². The molecule has 0 spiro atoms. The van der Waals surface area contributed by atoms with Gasteiger partial charge in [-0.05, 0) is 25.0 Å². The number of rotatable bonds is 2. The zero-order valence-corrected chi connectivity index (χ0v) is 10.8. The van der Waals surface area contributed by atoms with E-state index in [0.29, 0.717) is 10.8 Å². The van der Waals surface area contributed by atoms with Gasteiger partial charge in [0.25, 0.3) is 5.91 Å². The largest absolute Gasteiger partial charge is 0.335 e. The highest BCUT2D eigenvalue weighted by molar-refractivity contribution is 6.29. The number of amides is 1. The first-order valence-corrected chi connectivity index (χ1v) is 6.64. The summed E-state index contributed by atoms with van der Waals surface area (Å²) >= 11 is 5.66. The summed E-state index contributed by atoms with van der Waals surface area (Å²) in [4.78, 5) is 16.5. The number of piperazine rings is 1. The van der Waals surface area contributed by atoms with Crippen molar-refractivity contribution in [2.45, 2.75) is 18.9 Å². The average Bonchev–Trinajstić information content (AvgIpc) is 3.23. The van der Waals surface area contributed by atoms with Crippen molar-refractivity contribution in [3.63, 3.8) is 0 Å². The molecule has 6 heteroatoms. The Morgan fingerprint density at radius 1 is 1.17 bits per heavy atom. The van der Waals surface area contributed by atoms with Gasteiger partial charge >= 0.3 is 0 Å². The maximum atomic E-state index is 12.2. The van der Waals surface area contributed by atoms with E-state index in [4.69, 9.17) is 11.6 Å². The standard InChI is InChI=1S/C12H15ClN4O/c13-11-4-3-10(14-15-11)12(18)17-7-5-16(6-8-17)9-1-2-9/h3-4,9H,1-2,5-8H2. The molecule has 1 aliphatic heterocycles. The number of halogens is 1. The topological polar surface area (TPSA) is 49.3 Å². The second-order valence-electron chi connectivity index (χ2n) is 4.80. The van der Waals surface area contributed by atoms with Crippen LogP contribution < -0.4 is 0 Å². The lowest BCUT2D eigenvalue weighted by Gasteiger charge is -2.34. The fraction of sp³-hybridized carbons (Fsp3) is 0.583. The van der Waals surface area contributed by atoms with Crippen molar-refractivity contribution in [2.24, 2.45) is 0 Å². The van der Waals surface area contributed by atoms with Crippen molar-refractivity contribution in [2.75, 3.05) is 26.2 Å². The molecule has 1 aromatic heterocycles. The van der Waals surface area contributed by atoms with E-state index < -0.39 is 0 Å². The molecule has 1 saturated carbocycles. The van der Waals surface area contributed by atoms with Crippen LogP contribution in [0.25, 0.3) is 0 Å². The Bertz CT molecular complexity index is 438. The third-order valence-electron chi connectivity index (χ3n) is 3.52. The molecule has 3 rings (SSSR count). The van der Waals surface area contributed by atoms with Gasteiger partial charge in [-0.15, -0.1) is 10.2 Å².